The highest BCUT2D eigenvalue weighted by Gasteiger charge is 2.30. The molecular formula is C23H26Cl2N4O4. The Morgan fingerprint density at radius 3 is 2.36 bits per heavy atom. The number of nitrogens with one attached hydrogen (secondary N) is 2. The van der Waals surface area contributed by atoms with E-state index in [0.717, 1.165) is 0 Å². The van der Waals surface area contributed by atoms with Crippen LogP contribution in [0.1, 0.15) is 44.0 Å². The van der Waals surface area contributed by atoms with Crippen molar-refractivity contribution in [1.82, 2.24) is 9.88 Å². The van der Waals surface area contributed by atoms with Crippen LogP contribution in [0.5, 0.6) is 0 Å². The lowest BCUT2D eigenvalue weighted by Gasteiger charge is -2.33. The number of anilines is 2. The van der Waals surface area contributed by atoms with Gasteiger partial charge in [0.1, 0.15) is 11.4 Å². The summed E-state index contributed by atoms with van der Waals surface area (Å²) in [6.45, 7) is 6.25. The van der Waals surface area contributed by atoms with Crippen molar-refractivity contribution in [3.63, 3.8) is 0 Å². The van der Waals surface area contributed by atoms with Crippen LogP contribution in [-0.2, 0) is 9.53 Å². The van der Waals surface area contributed by atoms with Crippen LogP contribution in [-0.4, -0.2) is 46.5 Å². The fourth-order valence-electron chi connectivity index (χ4n) is 3.35. The predicted molar refractivity (Wildman–Crippen MR) is 128 cm³/mol. The Labute approximate surface area is 202 Å². The van der Waals surface area contributed by atoms with Gasteiger partial charge in [0.05, 0.1) is 21.3 Å². The first-order chi connectivity index (χ1) is 15.5. The maximum absolute atomic E-state index is 12.9. The summed E-state index contributed by atoms with van der Waals surface area (Å²) >= 11 is 12.1. The number of benzene rings is 1. The summed E-state index contributed by atoms with van der Waals surface area (Å²) in [7, 11) is 0. The van der Waals surface area contributed by atoms with Crippen molar-refractivity contribution in [3.8, 4) is 0 Å². The van der Waals surface area contributed by atoms with E-state index in [1.54, 1.807) is 35.2 Å². The molecule has 3 rings (SSSR count). The fraction of sp³-hybridized carbons (Fsp3) is 0.391. The van der Waals surface area contributed by atoms with Gasteiger partial charge in [-0.1, -0.05) is 29.3 Å². The molecule has 1 aliphatic rings. The van der Waals surface area contributed by atoms with Crippen molar-refractivity contribution in [2.24, 2.45) is 5.92 Å². The first-order valence-corrected chi connectivity index (χ1v) is 11.3. The number of rotatable bonds is 4. The van der Waals surface area contributed by atoms with Gasteiger partial charge in [0.2, 0.25) is 5.91 Å². The molecule has 2 heterocycles. The maximum Gasteiger partial charge on any atom is 0.410 e. The number of carbonyl (C=O) groups is 3. The molecule has 0 spiro atoms. The molecule has 10 heteroatoms. The van der Waals surface area contributed by atoms with Gasteiger partial charge in [0, 0.05) is 25.2 Å². The summed E-state index contributed by atoms with van der Waals surface area (Å²) in [6, 6.07) is 7.97. The molecule has 176 valence electrons. The molecule has 1 aromatic carbocycles. The van der Waals surface area contributed by atoms with Gasteiger partial charge in [-0.2, -0.15) is 0 Å². The lowest BCUT2D eigenvalue weighted by Crippen LogP contribution is -2.43. The highest BCUT2D eigenvalue weighted by molar-refractivity contribution is 6.35. The molecular weight excluding hydrogens is 467 g/mol. The van der Waals surface area contributed by atoms with E-state index in [0.29, 0.717) is 36.8 Å². The Hall–Kier alpha value is -2.84. The second-order valence-corrected chi connectivity index (χ2v) is 9.55. The van der Waals surface area contributed by atoms with E-state index in [9.17, 15) is 14.4 Å². The maximum atomic E-state index is 12.9. The average Bonchev–Trinajstić information content (AvgIpc) is 2.75. The van der Waals surface area contributed by atoms with Crippen molar-refractivity contribution >= 4 is 52.6 Å². The van der Waals surface area contributed by atoms with E-state index in [4.69, 9.17) is 27.9 Å². The molecule has 1 saturated heterocycles. The van der Waals surface area contributed by atoms with Crippen LogP contribution < -0.4 is 10.6 Å². The van der Waals surface area contributed by atoms with Crippen LogP contribution >= 0.6 is 23.2 Å². The summed E-state index contributed by atoms with van der Waals surface area (Å²) in [6.07, 6.45) is 1.99. The minimum absolute atomic E-state index is 0.207. The molecule has 0 aliphatic carbocycles. The molecule has 1 aliphatic heterocycles. The zero-order valence-electron chi connectivity index (χ0n) is 18.7. The van der Waals surface area contributed by atoms with Gasteiger partial charge in [0.25, 0.3) is 5.91 Å². The molecule has 2 aromatic rings. The number of para-hydroxylation sites is 1. The Balaban J connectivity index is 1.65. The van der Waals surface area contributed by atoms with Crippen LogP contribution in [0.15, 0.2) is 36.5 Å². The summed E-state index contributed by atoms with van der Waals surface area (Å²) in [5.74, 6) is -0.738. The van der Waals surface area contributed by atoms with Gasteiger partial charge in [-0.15, -0.1) is 0 Å². The molecule has 0 atom stereocenters. The summed E-state index contributed by atoms with van der Waals surface area (Å²) in [4.78, 5) is 43.6. The van der Waals surface area contributed by atoms with Crippen LogP contribution in [0, 0.1) is 5.92 Å². The largest absolute Gasteiger partial charge is 0.444 e. The number of halogens is 2. The Morgan fingerprint density at radius 1 is 1.06 bits per heavy atom. The Kier molecular flexibility index (Phi) is 7.81. The molecule has 1 aromatic heterocycles. The van der Waals surface area contributed by atoms with Gasteiger partial charge in [-0.3, -0.25) is 9.59 Å². The molecule has 0 bridgehead atoms. The minimum Gasteiger partial charge on any atom is -0.444 e. The molecule has 0 radical (unpaired) electrons. The van der Waals surface area contributed by atoms with Crippen LogP contribution in [0.3, 0.4) is 0 Å². The standard InChI is InChI=1S/C23H26Cl2N4O4/c1-23(2,3)33-22(32)29-11-9-14(10-12-29)20(30)28-19-16(5-4-6-17(19)25)21(31)27-18-8-7-15(24)13-26-18/h4-8,13-14H,9-12H2,1-3H3,(H,28,30)(H,26,27,31). The van der Waals surface area contributed by atoms with Gasteiger partial charge in [0.15, 0.2) is 0 Å². The molecule has 8 nitrogen and oxygen atoms in total. The normalized spacial score (nSPS) is 14.5. The van der Waals surface area contributed by atoms with Gasteiger partial charge in [-0.25, -0.2) is 9.78 Å². The van der Waals surface area contributed by atoms with Crippen LogP contribution in [0.4, 0.5) is 16.3 Å². The van der Waals surface area contributed by atoms with Crippen LogP contribution in [0.2, 0.25) is 10.0 Å². The average molecular weight is 493 g/mol. The lowest BCUT2D eigenvalue weighted by atomic mass is 9.96. The Bertz CT molecular complexity index is 1030. The quantitative estimate of drug-likeness (QED) is 0.608. The van der Waals surface area contributed by atoms with Gasteiger partial charge in [-0.05, 0) is 57.9 Å². The number of pyridine rings is 1. The van der Waals surface area contributed by atoms with Crippen molar-refractivity contribution in [1.29, 1.82) is 0 Å². The highest BCUT2D eigenvalue weighted by Crippen LogP contribution is 2.29. The molecule has 1 fully saturated rings. The van der Waals surface area contributed by atoms with E-state index in [1.165, 1.54) is 6.20 Å². The van der Waals surface area contributed by atoms with E-state index < -0.39 is 11.5 Å². The molecule has 0 unspecified atom stereocenters. The fourth-order valence-corrected chi connectivity index (χ4v) is 3.68. The smallest absolute Gasteiger partial charge is 0.410 e. The number of carbonyl (C=O) groups excluding carboxylic acids is 3. The number of hydrogen-bond acceptors (Lipinski definition) is 5. The molecule has 33 heavy (non-hydrogen) atoms. The Morgan fingerprint density at radius 2 is 1.76 bits per heavy atom. The predicted octanol–water partition coefficient (Wildman–Crippen LogP) is 5.23. The summed E-state index contributed by atoms with van der Waals surface area (Å²) in [5, 5.41) is 6.15. The number of amides is 3. The van der Waals surface area contributed by atoms with Gasteiger partial charge >= 0.3 is 6.09 Å². The van der Waals surface area contributed by atoms with Crippen molar-refractivity contribution in [3.05, 3.63) is 52.1 Å². The number of aromatic nitrogens is 1. The highest BCUT2D eigenvalue weighted by atomic mass is 35.5. The second kappa shape index (κ2) is 10.4. The zero-order chi connectivity index (χ0) is 24.2. The van der Waals surface area contributed by atoms with E-state index in [1.807, 2.05) is 20.8 Å². The van der Waals surface area contributed by atoms with E-state index in [-0.39, 0.29) is 34.2 Å². The topological polar surface area (TPSA) is 101 Å². The number of ether oxygens (including phenoxy) is 1. The SMILES string of the molecule is CC(C)(C)OC(=O)N1CCC(C(=O)Nc2c(Cl)cccc2C(=O)Nc2ccc(Cl)cn2)CC1. The van der Waals surface area contributed by atoms with Crippen molar-refractivity contribution < 1.29 is 19.1 Å². The summed E-state index contributed by atoms with van der Waals surface area (Å²) in [5.41, 5.74) is -0.141. The number of nitrogens with zero attached hydrogens (tertiary/aromatic N) is 2. The molecule has 0 saturated carbocycles. The third kappa shape index (κ3) is 6.82. The second-order valence-electron chi connectivity index (χ2n) is 8.71. The van der Waals surface area contributed by atoms with Gasteiger partial charge < -0.3 is 20.3 Å². The van der Waals surface area contributed by atoms with Crippen molar-refractivity contribution in [2.45, 2.75) is 39.2 Å². The van der Waals surface area contributed by atoms with Crippen molar-refractivity contribution in [2.75, 3.05) is 23.7 Å². The minimum atomic E-state index is -0.576. The summed E-state index contributed by atoms with van der Waals surface area (Å²) < 4.78 is 5.39. The first kappa shape index (κ1) is 24.8. The molecule has 2 N–H and O–H groups in total. The third-order valence-corrected chi connectivity index (χ3v) is 5.53. The number of likely N-dealkylation sites (tertiary alicyclic amines) is 1. The van der Waals surface area contributed by atoms with Crippen LogP contribution in [0.25, 0.3) is 0 Å². The first-order valence-electron chi connectivity index (χ1n) is 10.5. The number of piperidine rings is 1. The lowest BCUT2D eigenvalue weighted by molar-refractivity contribution is -0.121. The molecule has 3 amide bonds. The monoisotopic (exact) mass is 492 g/mol. The zero-order valence-corrected chi connectivity index (χ0v) is 20.2. The number of hydrogen-bond donors (Lipinski definition) is 2. The van der Waals surface area contributed by atoms with E-state index in [2.05, 4.69) is 15.6 Å². The van der Waals surface area contributed by atoms with E-state index >= 15 is 0 Å². The third-order valence-electron chi connectivity index (χ3n) is 4.99.